The first-order valence-electron chi connectivity index (χ1n) is 9.50. The molecule has 2 rings (SSSR count). The summed E-state index contributed by atoms with van der Waals surface area (Å²) in [4.78, 5) is 35.7. The lowest BCUT2D eigenvalue weighted by atomic mass is 9.95. The fourth-order valence-corrected chi connectivity index (χ4v) is 3.01. The molecule has 27 heavy (non-hydrogen) atoms. The second-order valence-corrected chi connectivity index (χ2v) is 6.87. The summed E-state index contributed by atoms with van der Waals surface area (Å²) in [5.41, 5.74) is 4.32. The van der Waals surface area contributed by atoms with Crippen molar-refractivity contribution >= 4 is 29.1 Å². The van der Waals surface area contributed by atoms with Crippen LogP contribution < -0.4 is 16.1 Å². The molecule has 0 radical (unpaired) electrons. The average Bonchev–Trinajstić information content (AvgIpc) is 2.67. The lowest BCUT2D eigenvalue weighted by Gasteiger charge is -2.22. The minimum atomic E-state index is -0.874. The summed E-state index contributed by atoms with van der Waals surface area (Å²) in [6.07, 6.45) is 6.53. The molecular formula is C20H28N4O3. The fraction of sp³-hybridized carbons (Fsp3) is 0.500. The monoisotopic (exact) mass is 372 g/mol. The molecule has 3 N–H and O–H groups in total. The van der Waals surface area contributed by atoms with Crippen LogP contribution in [0.4, 0.5) is 5.69 Å². The zero-order chi connectivity index (χ0) is 19.6. The summed E-state index contributed by atoms with van der Waals surface area (Å²) in [6.45, 7) is 3.68. The third-order valence-electron chi connectivity index (χ3n) is 4.56. The molecule has 146 valence electrons. The highest BCUT2D eigenvalue weighted by atomic mass is 16.2. The normalized spacial score (nSPS) is 15.1. The van der Waals surface area contributed by atoms with Gasteiger partial charge in [0.25, 0.3) is 0 Å². The van der Waals surface area contributed by atoms with Crippen LogP contribution in [0.15, 0.2) is 29.4 Å². The van der Waals surface area contributed by atoms with Crippen molar-refractivity contribution in [1.82, 2.24) is 10.7 Å². The number of rotatable bonds is 6. The molecule has 1 aliphatic rings. The molecular weight excluding hydrogens is 344 g/mol. The second-order valence-electron chi connectivity index (χ2n) is 6.87. The van der Waals surface area contributed by atoms with Gasteiger partial charge >= 0.3 is 11.8 Å². The maximum absolute atomic E-state index is 12.0. The maximum Gasteiger partial charge on any atom is 0.329 e. The quantitative estimate of drug-likeness (QED) is 0.406. The van der Waals surface area contributed by atoms with Crippen LogP contribution in [0.25, 0.3) is 0 Å². The van der Waals surface area contributed by atoms with Gasteiger partial charge in [-0.3, -0.25) is 14.4 Å². The molecule has 1 aromatic carbocycles. The van der Waals surface area contributed by atoms with E-state index in [9.17, 15) is 14.4 Å². The zero-order valence-electron chi connectivity index (χ0n) is 16.0. The number of anilines is 1. The maximum atomic E-state index is 12.0. The van der Waals surface area contributed by atoms with Crippen molar-refractivity contribution < 1.29 is 14.4 Å². The van der Waals surface area contributed by atoms with Crippen molar-refractivity contribution in [3.8, 4) is 0 Å². The molecule has 0 bridgehead atoms. The molecule has 3 amide bonds. The molecule has 0 aliphatic heterocycles. The van der Waals surface area contributed by atoms with Gasteiger partial charge < -0.3 is 10.6 Å². The predicted octanol–water partition coefficient (Wildman–Crippen LogP) is 2.52. The molecule has 0 heterocycles. The minimum Gasteiger partial charge on any atom is -0.353 e. The van der Waals surface area contributed by atoms with E-state index in [1.165, 1.54) is 6.42 Å². The van der Waals surface area contributed by atoms with Crippen molar-refractivity contribution in [2.24, 2.45) is 5.10 Å². The number of carbonyl (C=O) groups is 3. The molecule has 1 aromatic rings. The Kier molecular flexibility index (Phi) is 7.98. The number of nitrogens with one attached hydrogen (secondary N) is 3. The summed E-state index contributed by atoms with van der Waals surface area (Å²) in [7, 11) is 0. The molecule has 7 heteroatoms. The first kappa shape index (κ1) is 20.6. The number of benzene rings is 1. The van der Waals surface area contributed by atoms with Gasteiger partial charge in [0.15, 0.2) is 0 Å². The number of nitrogens with zero attached hydrogens (tertiary/aromatic N) is 1. The molecule has 0 atom stereocenters. The number of hydrogen-bond donors (Lipinski definition) is 3. The van der Waals surface area contributed by atoms with Crippen LogP contribution in [0.1, 0.15) is 57.9 Å². The fourth-order valence-electron chi connectivity index (χ4n) is 3.01. The molecule has 1 fully saturated rings. The van der Waals surface area contributed by atoms with Crippen LogP contribution in [0.5, 0.6) is 0 Å². The van der Waals surface area contributed by atoms with Crippen LogP contribution in [0.2, 0.25) is 0 Å². The smallest absolute Gasteiger partial charge is 0.329 e. The number of hydrogen-bond acceptors (Lipinski definition) is 4. The van der Waals surface area contributed by atoms with Crippen LogP contribution in [-0.2, 0) is 20.8 Å². The molecule has 0 spiro atoms. The topological polar surface area (TPSA) is 99.7 Å². The average molecular weight is 372 g/mol. The second kappa shape index (κ2) is 10.4. The van der Waals surface area contributed by atoms with Crippen LogP contribution in [-0.4, -0.2) is 29.5 Å². The highest BCUT2D eigenvalue weighted by Crippen LogP contribution is 2.17. The van der Waals surface area contributed by atoms with E-state index in [2.05, 4.69) is 21.2 Å². The Morgan fingerprint density at radius 3 is 2.33 bits per heavy atom. The zero-order valence-corrected chi connectivity index (χ0v) is 16.0. The van der Waals surface area contributed by atoms with E-state index in [4.69, 9.17) is 0 Å². The van der Waals surface area contributed by atoms with E-state index in [1.54, 1.807) is 19.1 Å². The van der Waals surface area contributed by atoms with E-state index < -0.39 is 11.8 Å². The lowest BCUT2D eigenvalue weighted by Crippen LogP contribution is -2.37. The van der Waals surface area contributed by atoms with Gasteiger partial charge in [-0.15, -0.1) is 0 Å². The van der Waals surface area contributed by atoms with Gasteiger partial charge in [-0.05, 0) is 43.9 Å². The van der Waals surface area contributed by atoms with E-state index >= 15 is 0 Å². The molecule has 1 saturated carbocycles. The van der Waals surface area contributed by atoms with Gasteiger partial charge in [0.1, 0.15) is 0 Å². The molecule has 0 saturated heterocycles. The summed E-state index contributed by atoms with van der Waals surface area (Å²) in [5.74, 6) is -1.79. The number of hydrazone groups is 1. The van der Waals surface area contributed by atoms with Gasteiger partial charge in [-0.1, -0.05) is 38.3 Å². The van der Waals surface area contributed by atoms with Crippen molar-refractivity contribution in [2.75, 3.05) is 5.32 Å². The Morgan fingerprint density at radius 1 is 1.04 bits per heavy atom. The number of amides is 3. The van der Waals surface area contributed by atoms with Gasteiger partial charge in [0, 0.05) is 17.4 Å². The minimum absolute atomic E-state index is 0.0941. The molecule has 1 aliphatic carbocycles. The largest absolute Gasteiger partial charge is 0.353 e. The number of carbonyl (C=O) groups excluding carboxylic acids is 3. The van der Waals surface area contributed by atoms with Crippen molar-refractivity contribution in [3.63, 3.8) is 0 Å². The Bertz CT molecular complexity index is 692. The van der Waals surface area contributed by atoms with Gasteiger partial charge in [0.2, 0.25) is 5.91 Å². The SMILES string of the molecule is CCc1ccc(NC(=O)C(=O)N/N=C(\C)CC(=O)NC2CCCCC2)cc1. The third-order valence-corrected chi connectivity index (χ3v) is 4.56. The number of aryl methyl sites for hydroxylation is 1. The van der Waals surface area contributed by atoms with Crippen LogP contribution in [0, 0.1) is 0 Å². The first-order chi connectivity index (χ1) is 13.0. The Labute approximate surface area is 160 Å². The molecule has 7 nitrogen and oxygen atoms in total. The van der Waals surface area contributed by atoms with E-state index in [1.807, 2.05) is 19.1 Å². The van der Waals surface area contributed by atoms with Crippen molar-refractivity contribution in [3.05, 3.63) is 29.8 Å². The van der Waals surface area contributed by atoms with Crippen molar-refractivity contribution in [2.45, 2.75) is 64.8 Å². The highest BCUT2D eigenvalue weighted by Gasteiger charge is 2.17. The van der Waals surface area contributed by atoms with E-state index in [0.29, 0.717) is 11.4 Å². The van der Waals surface area contributed by atoms with Crippen molar-refractivity contribution in [1.29, 1.82) is 0 Å². The van der Waals surface area contributed by atoms with E-state index in [-0.39, 0.29) is 18.4 Å². The van der Waals surface area contributed by atoms with Crippen LogP contribution in [0.3, 0.4) is 0 Å². The third kappa shape index (κ3) is 7.21. The highest BCUT2D eigenvalue weighted by molar-refractivity contribution is 6.39. The van der Waals surface area contributed by atoms with Gasteiger partial charge in [0.05, 0.1) is 6.42 Å². The Morgan fingerprint density at radius 2 is 1.70 bits per heavy atom. The standard InChI is InChI=1S/C20H28N4O3/c1-3-15-9-11-17(12-10-15)22-19(26)20(27)24-23-14(2)13-18(25)21-16-7-5-4-6-8-16/h9-12,16H,3-8,13H2,1-2H3,(H,21,25)(H,22,26)(H,24,27)/b23-14+. The summed E-state index contributed by atoms with van der Waals surface area (Å²) < 4.78 is 0. The first-order valence-corrected chi connectivity index (χ1v) is 9.50. The molecule has 0 aromatic heterocycles. The summed E-state index contributed by atoms with van der Waals surface area (Å²) >= 11 is 0. The summed E-state index contributed by atoms with van der Waals surface area (Å²) in [5, 5.41) is 9.35. The van der Waals surface area contributed by atoms with E-state index in [0.717, 1.165) is 37.7 Å². The predicted molar refractivity (Wildman–Crippen MR) is 105 cm³/mol. The van der Waals surface area contributed by atoms with Gasteiger partial charge in [-0.2, -0.15) is 5.10 Å². The summed E-state index contributed by atoms with van der Waals surface area (Å²) in [6, 6.07) is 7.50. The van der Waals surface area contributed by atoms with Gasteiger partial charge in [-0.25, -0.2) is 5.43 Å². The Balaban J connectivity index is 1.75. The molecule has 0 unspecified atom stereocenters. The Hall–Kier alpha value is -2.70. The lowest BCUT2D eigenvalue weighted by molar-refractivity contribution is -0.136. The van der Waals surface area contributed by atoms with Crippen LogP contribution >= 0.6 is 0 Å².